The van der Waals surface area contributed by atoms with Crippen LogP contribution in [0.3, 0.4) is 0 Å². The minimum absolute atomic E-state index is 0.0517. The van der Waals surface area contributed by atoms with Gasteiger partial charge in [0.1, 0.15) is 22.3 Å². The van der Waals surface area contributed by atoms with Crippen molar-refractivity contribution in [2.24, 2.45) is 5.73 Å². The number of amides is 1. The van der Waals surface area contributed by atoms with Crippen LogP contribution in [0, 0.1) is 0 Å². The van der Waals surface area contributed by atoms with E-state index in [0.717, 1.165) is 0 Å². The third kappa shape index (κ3) is 2.77. The zero-order valence-electron chi connectivity index (χ0n) is 15.6. The number of benzene rings is 1. The summed E-state index contributed by atoms with van der Waals surface area (Å²) in [6, 6.07) is 5.05. The van der Waals surface area contributed by atoms with Gasteiger partial charge < -0.3 is 25.3 Å². The minimum Gasteiger partial charge on any atom is -0.462 e. The highest BCUT2D eigenvalue weighted by Gasteiger charge is 2.61. The molecule has 0 unspecified atom stereocenters. The van der Waals surface area contributed by atoms with Gasteiger partial charge in [-0.05, 0) is 39.0 Å². The Kier molecular flexibility index (Phi) is 5.20. The number of carbonyl (C=O) groups excluding carboxylic acids is 3. The summed E-state index contributed by atoms with van der Waals surface area (Å²) >= 11 is 3.37. The van der Waals surface area contributed by atoms with Gasteiger partial charge in [0.05, 0.1) is 13.2 Å². The van der Waals surface area contributed by atoms with E-state index >= 15 is 0 Å². The molecule has 0 saturated heterocycles. The van der Waals surface area contributed by atoms with E-state index in [4.69, 9.17) is 19.9 Å². The van der Waals surface area contributed by atoms with Crippen LogP contribution in [0.4, 0.5) is 5.69 Å². The number of esters is 2. The maximum atomic E-state index is 13.3. The summed E-state index contributed by atoms with van der Waals surface area (Å²) in [5, 5.41) is 2.73. The molecule has 2 heterocycles. The summed E-state index contributed by atoms with van der Waals surface area (Å²) in [5.41, 5.74) is 4.64. The maximum Gasteiger partial charge on any atom is 0.341 e. The average Bonchev–Trinajstić information content (AvgIpc) is 2.87. The molecule has 1 aromatic rings. The van der Waals surface area contributed by atoms with Gasteiger partial charge in [-0.2, -0.15) is 0 Å². The van der Waals surface area contributed by atoms with Gasteiger partial charge >= 0.3 is 11.9 Å². The van der Waals surface area contributed by atoms with Crippen LogP contribution >= 0.6 is 15.9 Å². The molecule has 0 aromatic heterocycles. The molecule has 0 saturated carbocycles. The summed E-state index contributed by atoms with van der Waals surface area (Å²) in [5.74, 6) is -2.47. The van der Waals surface area contributed by atoms with E-state index in [1.54, 1.807) is 32.0 Å². The lowest BCUT2D eigenvalue weighted by Gasteiger charge is -2.35. The molecule has 2 aliphatic heterocycles. The number of ether oxygens (including phenoxy) is 3. The molecule has 2 aliphatic rings. The predicted octanol–water partition coefficient (Wildman–Crippen LogP) is 2.24. The first kappa shape index (κ1) is 19.9. The van der Waals surface area contributed by atoms with Gasteiger partial charge in [0.15, 0.2) is 0 Å². The Morgan fingerprint density at radius 2 is 1.79 bits per heavy atom. The quantitative estimate of drug-likeness (QED) is 0.675. The molecule has 1 atom stereocenters. The lowest BCUT2D eigenvalue weighted by atomic mass is 9.67. The number of rotatable bonds is 4. The second kappa shape index (κ2) is 7.31. The van der Waals surface area contributed by atoms with Gasteiger partial charge in [-0.1, -0.05) is 15.9 Å². The molecule has 1 spiro atoms. The van der Waals surface area contributed by atoms with E-state index in [9.17, 15) is 14.4 Å². The molecule has 8 nitrogen and oxygen atoms in total. The largest absolute Gasteiger partial charge is 0.462 e. The molecule has 0 radical (unpaired) electrons. The van der Waals surface area contributed by atoms with Crippen LogP contribution in [0.1, 0.15) is 26.3 Å². The Morgan fingerprint density at radius 3 is 2.39 bits per heavy atom. The number of hydrogen-bond acceptors (Lipinski definition) is 7. The van der Waals surface area contributed by atoms with Crippen molar-refractivity contribution in [1.82, 2.24) is 0 Å². The fourth-order valence-corrected chi connectivity index (χ4v) is 3.93. The highest BCUT2D eigenvalue weighted by molar-refractivity contribution is 9.10. The van der Waals surface area contributed by atoms with Crippen molar-refractivity contribution in [3.8, 4) is 0 Å². The topological polar surface area (TPSA) is 117 Å². The predicted molar refractivity (Wildman–Crippen MR) is 103 cm³/mol. The number of halogens is 1. The Labute approximate surface area is 169 Å². The molecular formula is C19H19BrN2O6. The third-order valence-corrected chi connectivity index (χ3v) is 5.04. The molecule has 3 rings (SSSR count). The summed E-state index contributed by atoms with van der Waals surface area (Å²) in [6.07, 6.45) is 0. The number of carbonyl (C=O) groups is 3. The number of nitrogens with one attached hydrogen (secondary N) is 1. The zero-order valence-corrected chi connectivity index (χ0v) is 17.1. The van der Waals surface area contributed by atoms with Crippen LogP contribution < -0.4 is 11.1 Å². The summed E-state index contributed by atoms with van der Waals surface area (Å²) in [7, 11) is 0. The fraction of sp³-hybridized carbons (Fsp3) is 0.316. The van der Waals surface area contributed by atoms with E-state index in [0.29, 0.717) is 15.7 Å². The van der Waals surface area contributed by atoms with Gasteiger partial charge in [0.25, 0.3) is 0 Å². The van der Waals surface area contributed by atoms with Crippen molar-refractivity contribution in [2.45, 2.75) is 26.2 Å². The van der Waals surface area contributed by atoms with E-state index < -0.39 is 23.3 Å². The Morgan fingerprint density at radius 1 is 1.18 bits per heavy atom. The van der Waals surface area contributed by atoms with Gasteiger partial charge in [0, 0.05) is 15.7 Å². The first-order chi connectivity index (χ1) is 13.3. The highest BCUT2D eigenvalue weighted by atomic mass is 79.9. The van der Waals surface area contributed by atoms with Crippen LogP contribution in [0.15, 0.2) is 45.5 Å². The summed E-state index contributed by atoms with van der Waals surface area (Å²) in [6.45, 7) is 4.88. The molecular weight excluding hydrogens is 432 g/mol. The van der Waals surface area contributed by atoms with Crippen LogP contribution in [0.2, 0.25) is 0 Å². The van der Waals surface area contributed by atoms with Crippen molar-refractivity contribution in [2.75, 3.05) is 18.5 Å². The average molecular weight is 451 g/mol. The number of fused-ring (bicyclic) bond motifs is 2. The number of hydrogen-bond donors (Lipinski definition) is 2. The first-order valence-corrected chi connectivity index (χ1v) is 9.43. The molecule has 1 aromatic carbocycles. The molecule has 3 N–H and O–H groups in total. The summed E-state index contributed by atoms with van der Waals surface area (Å²) < 4.78 is 16.4. The molecule has 0 fully saturated rings. The Balaban J connectivity index is 2.40. The highest BCUT2D eigenvalue weighted by Crippen LogP contribution is 2.53. The van der Waals surface area contributed by atoms with E-state index in [1.165, 1.54) is 6.92 Å². The molecule has 1 amide bonds. The number of anilines is 1. The number of allylic oxidation sites excluding steroid dienone is 1. The van der Waals surface area contributed by atoms with Crippen molar-refractivity contribution < 1.29 is 28.6 Å². The Hall–Kier alpha value is -2.81. The maximum absolute atomic E-state index is 13.3. The van der Waals surface area contributed by atoms with Crippen molar-refractivity contribution in [3.05, 3.63) is 51.0 Å². The van der Waals surface area contributed by atoms with E-state index in [-0.39, 0.29) is 36.0 Å². The van der Waals surface area contributed by atoms with Crippen LogP contribution in [-0.2, 0) is 34.0 Å². The second-order valence-electron chi connectivity index (χ2n) is 6.11. The SMILES string of the molecule is CCOC(=O)C1=C(C)OC(N)=C(C(=O)OCC)[C@]12C(=O)Nc1ccc(Br)cc12. The van der Waals surface area contributed by atoms with Crippen molar-refractivity contribution >= 4 is 39.5 Å². The van der Waals surface area contributed by atoms with Gasteiger partial charge in [-0.3, -0.25) is 4.79 Å². The van der Waals surface area contributed by atoms with Gasteiger partial charge in [-0.15, -0.1) is 0 Å². The van der Waals surface area contributed by atoms with Crippen LogP contribution in [0.25, 0.3) is 0 Å². The normalized spacial score (nSPS) is 20.6. The molecule has 148 valence electrons. The van der Waals surface area contributed by atoms with Gasteiger partial charge in [0.2, 0.25) is 11.8 Å². The number of nitrogens with two attached hydrogens (primary N) is 1. The second-order valence-corrected chi connectivity index (χ2v) is 7.02. The molecule has 0 aliphatic carbocycles. The molecule has 9 heteroatoms. The lowest BCUT2D eigenvalue weighted by molar-refractivity contribution is -0.143. The van der Waals surface area contributed by atoms with E-state index in [1.807, 2.05) is 0 Å². The van der Waals surface area contributed by atoms with Crippen LogP contribution in [-0.4, -0.2) is 31.1 Å². The van der Waals surface area contributed by atoms with E-state index in [2.05, 4.69) is 21.2 Å². The summed E-state index contributed by atoms with van der Waals surface area (Å²) in [4.78, 5) is 39.0. The first-order valence-electron chi connectivity index (χ1n) is 8.64. The third-order valence-electron chi connectivity index (χ3n) is 4.55. The van der Waals surface area contributed by atoms with Crippen molar-refractivity contribution in [3.63, 3.8) is 0 Å². The monoisotopic (exact) mass is 450 g/mol. The van der Waals surface area contributed by atoms with Crippen molar-refractivity contribution in [1.29, 1.82) is 0 Å². The lowest BCUT2D eigenvalue weighted by Crippen LogP contribution is -2.48. The van der Waals surface area contributed by atoms with Gasteiger partial charge in [-0.25, -0.2) is 9.59 Å². The molecule has 28 heavy (non-hydrogen) atoms. The minimum atomic E-state index is -1.84. The smallest absolute Gasteiger partial charge is 0.341 e. The fourth-order valence-electron chi connectivity index (χ4n) is 3.57. The van der Waals surface area contributed by atoms with Crippen LogP contribution in [0.5, 0.6) is 0 Å². The standard InChI is InChI=1S/C19H19BrN2O6/c1-4-26-16(23)13-9(3)28-15(21)14(17(24)27-5-2)19(13)11-8-10(20)6-7-12(11)22-18(19)25/h6-8H,4-5,21H2,1-3H3,(H,22,25)/t19-/m1/s1. The molecule has 0 bridgehead atoms. The Bertz CT molecular complexity index is 910. The zero-order chi connectivity index (χ0) is 20.6.